The number of fused-ring (bicyclic) bond motifs is 2. The Kier molecular flexibility index (Phi) is 3.91. The largest absolute Gasteiger partial charge is 0.507 e. The minimum Gasteiger partial charge on any atom is -0.507 e. The molecule has 142 valence electrons. The van der Waals surface area contributed by atoms with Crippen LogP contribution in [0.2, 0.25) is 0 Å². The highest BCUT2D eigenvalue weighted by molar-refractivity contribution is 5.98. The Morgan fingerprint density at radius 2 is 1.97 bits per heavy atom. The van der Waals surface area contributed by atoms with Crippen molar-refractivity contribution in [2.45, 2.75) is 25.3 Å². The predicted molar refractivity (Wildman–Crippen MR) is 109 cm³/mol. The van der Waals surface area contributed by atoms with Gasteiger partial charge in [0, 0.05) is 5.56 Å². The molecule has 2 aromatic carbocycles. The number of phenolic OH excluding ortho intramolecular Hbond substituents is 1. The van der Waals surface area contributed by atoms with E-state index in [-0.39, 0.29) is 17.4 Å². The number of nitrogens with two attached hydrogens (primary N) is 1. The molecule has 3 N–H and O–H groups in total. The summed E-state index contributed by atoms with van der Waals surface area (Å²) in [5.41, 5.74) is 11.1. The van der Waals surface area contributed by atoms with E-state index in [1.165, 1.54) is 23.5 Å². The highest BCUT2D eigenvalue weighted by Gasteiger charge is 2.26. The summed E-state index contributed by atoms with van der Waals surface area (Å²) in [5.74, 6) is 0.284. The fourth-order valence-electron chi connectivity index (χ4n) is 4.11. The molecule has 2 aromatic heterocycles. The predicted octanol–water partition coefficient (Wildman–Crippen LogP) is 3.38. The van der Waals surface area contributed by atoms with Crippen LogP contribution in [0.15, 0.2) is 48.8 Å². The van der Waals surface area contributed by atoms with E-state index in [9.17, 15) is 10.4 Å². The summed E-state index contributed by atoms with van der Waals surface area (Å²) in [6.07, 6.45) is 4.26. The van der Waals surface area contributed by atoms with Crippen LogP contribution in [0.1, 0.15) is 29.2 Å². The highest BCUT2D eigenvalue weighted by Crippen LogP contribution is 2.36. The second-order valence-corrected chi connectivity index (χ2v) is 7.26. The zero-order valence-corrected chi connectivity index (χ0v) is 15.6. The molecule has 1 unspecified atom stereocenters. The maximum Gasteiger partial charge on any atom is 0.164 e. The maximum atomic E-state index is 9.85. The van der Waals surface area contributed by atoms with E-state index in [4.69, 9.17) is 10.8 Å². The first kappa shape index (κ1) is 17.2. The zero-order chi connectivity index (χ0) is 20.0. The van der Waals surface area contributed by atoms with E-state index in [1.54, 1.807) is 12.1 Å². The lowest BCUT2D eigenvalue weighted by atomic mass is 9.88. The fourth-order valence-corrected chi connectivity index (χ4v) is 4.11. The molecular formula is C22H18N6O. The molecule has 1 aliphatic carbocycles. The first-order valence-corrected chi connectivity index (χ1v) is 9.44. The van der Waals surface area contributed by atoms with Gasteiger partial charge in [0.05, 0.1) is 17.0 Å². The van der Waals surface area contributed by atoms with Crippen molar-refractivity contribution in [3.63, 3.8) is 0 Å². The molecular weight excluding hydrogens is 364 g/mol. The van der Waals surface area contributed by atoms with Crippen molar-refractivity contribution in [2.24, 2.45) is 0 Å². The van der Waals surface area contributed by atoms with Gasteiger partial charge in [-0.15, -0.1) is 0 Å². The van der Waals surface area contributed by atoms with Gasteiger partial charge in [-0.05, 0) is 48.6 Å². The number of nitrogens with zero attached hydrogens (tertiary/aromatic N) is 5. The Hall–Kier alpha value is -3.92. The average Bonchev–Trinajstić information content (AvgIpc) is 3.15. The van der Waals surface area contributed by atoms with Gasteiger partial charge in [0.25, 0.3) is 0 Å². The van der Waals surface area contributed by atoms with Gasteiger partial charge in [0.1, 0.15) is 29.7 Å². The Morgan fingerprint density at radius 1 is 1.14 bits per heavy atom. The van der Waals surface area contributed by atoms with Crippen molar-refractivity contribution in [3.05, 3.63) is 65.5 Å². The van der Waals surface area contributed by atoms with Gasteiger partial charge in [-0.2, -0.15) is 10.4 Å². The number of aryl methyl sites for hydroxylation is 1. The summed E-state index contributed by atoms with van der Waals surface area (Å²) in [6.45, 7) is 0. The smallest absolute Gasteiger partial charge is 0.164 e. The van der Waals surface area contributed by atoms with Crippen LogP contribution >= 0.6 is 0 Å². The van der Waals surface area contributed by atoms with Crippen LogP contribution < -0.4 is 5.73 Å². The number of phenols is 1. The minimum absolute atomic E-state index is 0.0619. The van der Waals surface area contributed by atoms with Crippen LogP contribution in [-0.4, -0.2) is 24.9 Å². The number of aromatic hydroxyl groups is 1. The van der Waals surface area contributed by atoms with E-state index < -0.39 is 0 Å². The van der Waals surface area contributed by atoms with Crippen molar-refractivity contribution in [1.29, 1.82) is 5.26 Å². The molecule has 5 rings (SSSR count). The third-order valence-corrected chi connectivity index (χ3v) is 5.58. The van der Waals surface area contributed by atoms with Gasteiger partial charge in [0.2, 0.25) is 0 Å². The molecule has 0 radical (unpaired) electrons. The number of nitriles is 1. The van der Waals surface area contributed by atoms with Crippen molar-refractivity contribution < 1.29 is 5.11 Å². The lowest BCUT2D eigenvalue weighted by Gasteiger charge is -2.25. The van der Waals surface area contributed by atoms with Crippen molar-refractivity contribution in [3.8, 4) is 23.1 Å². The molecule has 29 heavy (non-hydrogen) atoms. The van der Waals surface area contributed by atoms with E-state index in [0.717, 1.165) is 19.3 Å². The average molecular weight is 382 g/mol. The van der Waals surface area contributed by atoms with Gasteiger partial charge in [-0.3, -0.25) is 0 Å². The summed E-state index contributed by atoms with van der Waals surface area (Å²) < 4.78 is 1.94. The topological polar surface area (TPSA) is 114 Å². The van der Waals surface area contributed by atoms with Gasteiger partial charge in [0.15, 0.2) is 5.65 Å². The SMILES string of the molecule is N#Cc1cc(-c2nn(C3CCc4ccccc4C3)c3ncnc(N)c23)ccc1O. The number of benzene rings is 2. The van der Waals surface area contributed by atoms with Crippen molar-refractivity contribution >= 4 is 16.9 Å². The van der Waals surface area contributed by atoms with E-state index in [1.807, 2.05) is 10.8 Å². The number of aromatic nitrogens is 4. The molecule has 2 heterocycles. The van der Waals surface area contributed by atoms with E-state index >= 15 is 0 Å². The Bertz CT molecular complexity index is 1290. The second kappa shape index (κ2) is 6.60. The first-order valence-electron chi connectivity index (χ1n) is 9.44. The molecule has 0 amide bonds. The molecule has 1 atom stereocenters. The normalized spacial score (nSPS) is 15.8. The van der Waals surface area contributed by atoms with E-state index in [0.29, 0.717) is 28.1 Å². The number of rotatable bonds is 2. The fraction of sp³-hybridized carbons (Fsp3) is 0.182. The monoisotopic (exact) mass is 382 g/mol. The molecule has 4 aromatic rings. The summed E-state index contributed by atoms with van der Waals surface area (Å²) in [6, 6.07) is 15.5. The quantitative estimate of drug-likeness (QED) is 0.549. The molecule has 7 heteroatoms. The molecule has 0 bridgehead atoms. The van der Waals surface area contributed by atoms with Crippen LogP contribution in [0.5, 0.6) is 5.75 Å². The summed E-state index contributed by atoms with van der Waals surface area (Å²) in [7, 11) is 0. The van der Waals surface area contributed by atoms with Crippen LogP contribution in [-0.2, 0) is 12.8 Å². The summed E-state index contributed by atoms with van der Waals surface area (Å²) in [5, 5.41) is 24.7. The van der Waals surface area contributed by atoms with Crippen LogP contribution in [0.25, 0.3) is 22.3 Å². The van der Waals surface area contributed by atoms with Crippen molar-refractivity contribution in [2.75, 3.05) is 5.73 Å². The lowest BCUT2D eigenvalue weighted by molar-refractivity contribution is 0.415. The third-order valence-electron chi connectivity index (χ3n) is 5.58. The molecule has 0 aliphatic heterocycles. The summed E-state index contributed by atoms with van der Waals surface area (Å²) in [4.78, 5) is 8.62. The molecule has 0 spiro atoms. The van der Waals surface area contributed by atoms with Gasteiger partial charge in [-0.25, -0.2) is 14.6 Å². The molecule has 7 nitrogen and oxygen atoms in total. The maximum absolute atomic E-state index is 9.85. The Balaban J connectivity index is 1.67. The number of hydrogen-bond acceptors (Lipinski definition) is 6. The molecule has 0 saturated carbocycles. The van der Waals surface area contributed by atoms with Gasteiger partial charge >= 0.3 is 0 Å². The number of hydrogen-bond donors (Lipinski definition) is 2. The van der Waals surface area contributed by atoms with Crippen molar-refractivity contribution in [1.82, 2.24) is 19.7 Å². The standard InChI is InChI=1S/C22H18N6O/c23-11-16-9-15(6-8-18(16)29)20-19-21(24)25-12-26-22(19)28(27-20)17-7-5-13-3-1-2-4-14(13)10-17/h1-4,6,8-9,12,17,29H,5,7,10H2,(H2,24,25,26). The zero-order valence-electron chi connectivity index (χ0n) is 15.6. The lowest BCUT2D eigenvalue weighted by Crippen LogP contribution is -2.20. The molecule has 0 fully saturated rings. The van der Waals surface area contributed by atoms with Gasteiger partial charge < -0.3 is 10.8 Å². The minimum atomic E-state index is -0.0619. The Labute approximate surface area is 167 Å². The van der Waals surface area contributed by atoms with Crippen LogP contribution in [0.4, 0.5) is 5.82 Å². The third kappa shape index (κ3) is 2.77. The summed E-state index contributed by atoms with van der Waals surface area (Å²) >= 11 is 0. The highest BCUT2D eigenvalue weighted by atomic mass is 16.3. The van der Waals surface area contributed by atoms with E-state index in [2.05, 4.69) is 34.2 Å². The number of nitrogen functional groups attached to an aromatic ring is 1. The molecule has 0 saturated heterocycles. The van der Waals surface area contributed by atoms with Gasteiger partial charge in [-0.1, -0.05) is 24.3 Å². The van der Waals surface area contributed by atoms with Crippen LogP contribution in [0.3, 0.4) is 0 Å². The number of anilines is 1. The Morgan fingerprint density at radius 3 is 2.79 bits per heavy atom. The second-order valence-electron chi connectivity index (χ2n) is 7.26. The molecule has 1 aliphatic rings. The van der Waals surface area contributed by atoms with Crippen LogP contribution in [0, 0.1) is 11.3 Å². The first-order chi connectivity index (χ1) is 14.2.